The molecule has 0 fully saturated rings. The van der Waals surface area contributed by atoms with E-state index in [1.165, 1.54) is 11.3 Å². The molecule has 0 atom stereocenters. The van der Waals surface area contributed by atoms with E-state index in [2.05, 4.69) is 15.0 Å². The van der Waals surface area contributed by atoms with Crippen molar-refractivity contribution in [3.63, 3.8) is 0 Å². The summed E-state index contributed by atoms with van der Waals surface area (Å²) in [6.45, 7) is 0.227. The van der Waals surface area contributed by atoms with Crippen LogP contribution in [0.2, 0.25) is 0 Å². The second kappa shape index (κ2) is 5.42. The Morgan fingerprint density at radius 3 is 2.92 bits per heavy atom. The minimum absolute atomic E-state index is 0.164. The molecule has 0 aliphatic carbocycles. The molecule has 0 spiro atoms. The Morgan fingerprint density at radius 2 is 2.04 bits per heavy atom. The number of hydrogen-bond donors (Lipinski definition) is 1. The van der Waals surface area contributed by atoms with E-state index in [-0.39, 0.29) is 12.4 Å². The molecule has 122 valence electrons. The maximum Gasteiger partial charge on any atom is 0.269 e. The number of thiophene rings is 1. The Balaban J connectivity index is 1.72. The van der Waals surface area contributed by atoms with Gasteiger partial charge in [-0.15, -0.1) is 11.3 Å². The number of hydrogen-bond acceptors (Lipinski definition) is 6. The first kappa shape index (κ1) is 14.2. The van der Waals surface area contributed by atoms with Crippen molar-refractivity contribution >= 4 is 21.6 Å². The molecule has 0 amide bonds. The molecule has 0 saturated carbocycles. The molecule has 0 unspecified atom stereocenters. The molecule has 3 aromatic heterocycles. The summed E-state index contributed by atoms with van der Waals surface area (Å²) in [4.78, 5) is 24.2. The molecule has 4 heterocycles. The quantitative estimate of drug-likeness (QED) is 0.600. The lowest BCUT2D eigenvalue weighted by Crippen LogP contribution is -2.08. The van der Waals surface area contributed by atoms with Gasteiger partial charge in [0.1, 0.15) is 10.4 Å². The normalized spacial score (nSPS) is 12.6. The predicted octanol–water partition coefficient (Wildman–Crippen LogP) is 3.44. The molecule has 25 heavy (non-hydrogen) atoms. The summed E-state index contributed by atoms with van der Waals surface area (Å²) in [5.74, 6) is 1.88. The van der Waals surface area contributed by atoms with Crippen LogP contribution in [0, 0.1) is 0 Å². The highest BCUT2D eigenvalue weighted by molar-refractivity contribution is 7.17. The first-order valence-electron chi connectivity index (χ1n) is 7.62. The van der Waals surface area contributed by atoms with Crippen molar-refractivity contribution in [3.8, 4) is 34.1 Å². The van der Waals surface area contributed by atoms with Crippen molar-refractivity contribution in [2.75, 3.05) is 6.79 Å². The summed E-state index contributed by atoms with van der Waals surface area (Å²) < 4.78 is 11.4. The molecular weight excluding hydrogens is 338 g/mol. The van der Waals surface area contributed by atoms with Crippen LogP contribution in [0.15, 0.2) is 52.8 Å². The van der Waals surface area contributed by atoms with E-state index in [0.717, 1.165) is 16.9 Å². The van der Waals surface area contributed by atoms with Crippen molar-refractivity contribution in [1.82, 2.24) is 15.0 Å². The van der Waals surface area contributed by atoms with Gasteiger partial charge in [0.25, 0.3) is 5.56 Å². The average molecular weight is 349 g/mol. The third kappa shape index (κ3) is 2.28. The van der Waals surface area contributed by atoms with Crippen LogP contribution >= 0.6 is 11.3 Å². The highest BCUT2D eigenvalue weighted by Crippen LogP contribution is 2.38. The predicted molar refractivity (Wildman–Crippen MR) is 95.0 cm³/mol. The largest absolute Gasteiger partial charge is 0.454 e. The van der Waals surface area contributed by atoms with E-state index in [0.29, 0.717) is 27.5 Å². The number of nitrogens with one attached hydrogen (secondary N) is 1. The number of rotatable bonds is 2. The molecule has 0 saturated heterocycles. The molecular formula is C18H11N3O3S. The van der Waals surface area contributed by atoms with Crippen LogP contribution in [-0.4, -0.2) is 21.7 Å². The minimum Gasteiger partial charge on any atom is -0.454 e. The SMILES string of the molecule is O=c1[nH]c(-c2ccccn2)nc2c(-c3ccc4c(c3)OCO4)csc12. The molecule has 1 aromatic carbocycles. The average Bonchev–Trinajstić information content (AvgIpc) is 3.28. The van der Waals surface area contributed by atoms with Crippen LogP contribution in [0.5, 0.6) is 11.5 Å². The van der Waals surface area contributed by atoms with Gasteiger partial charge in [0.2, 0.25) is 6.79 Å². The fourth-order valence-electron chi connectivity index (χ4n) is 2.82. The van der Waals surface area contributed by atoms with Gasteiger partial charge < -0.3 is 14.5 Å². The van der Waals surface area contributed by atoms with Gasteiger partial charge in [-0.3, -0.25) is 9.78 Å². The Kier molecular flexibility index (Phi) is 3.07. The van der Waals surface area contributed by atoms with Crippen LogP contribution in [0.3, 0.4) is 0 Å². The number of benzene rings is 1. The smallest absolute Gasteiger partial charge is 0.269 e. The standard InChI is InChI=1S/C18H11N3O3S/c22-18-16-15(20-17(21-18)12-3-1-2-6-19-12)11(8-25-16)10-4-5-13-14(7-10)24-9-23-13/h1-8H,9H2,(H,20,21,22). The lowest BCUT2D eigenvalue weighted by Gasteiger charge is -2.03. The topological polar surface area (TPSA) is 77.1 Å². The van der Waals surface area contributed by atoms with Crippen LogP contribution in [0.4, 0.5) is 0 Å². The zero-order chi connectivity index (χ0) is 16.8. The molecule has 7 heteroatoms. The number of aromatic amines is 1. The van der Waals surface area contributed by atoms with Gasteiger partial charge in [-0.1, -0.05) is 12.1 Å². The van der Waals surface area contributed by atoms with Crippen LogP contribution in [0.25, 0.3) is 32.9 Å². The molecule has 0 bridgehead atoms. The van der Waals surface area contributed by atoms with E-state index in [9.17, 15) is 4.79 Å². The Hall–Kier alpha value is -3.19. The maximum atomic E-state index is 12.4. The second-order valence-corrected chi connectivity index (χ2v) is 6.40. The lowest BCUT2D eigenvalue weighted by molar-refractivity contribution is 0.174. The summed E-state index contributed by atoms with van der Waals surface area (Å²) in [5.41, 5.74) is 2.95. The van der Waals surface area contributed by atoms with Crippen molar-refractivity contribution in [1.29, 1.82) is 0 Å². The van der Waals surface area contributed by atoms with E-state index in [1.54, 1.807) is 6.20 Å². The summed E-state index contributed by atoms with van der Waals surface area (Å²) in [6.07, 6.45) is 1.67. The number of nitrogens with zero attached hydrogens (tertiary/aromatic N) is 2. The molecule has 1 aliphatic heterocycles. The molecule has 4 aromatic rings. The molecule has 0 radical (unpaired) electrons. The Bertz CT molecular complexity index is 1150. The van der Waals surface area contributed by atoms with Crippen LogP contribution in [0.1, 0.15) is 0 Å². The highest BCUT2D eigenvalue weighted by Gasteiger charge is 2.18. The summed E-state index contributed by atoms with van der Waals surface area (Å²) in [7, 11) is 0. The van der Waals surface area contributed by atoms with Gasteiger partial charge in [0.05, 0.1) is 5.52 Å². The number of aromatic nitrogens is 3. The minimum atomic E-state index is -0.164. The van der Waals surface area contributed by atoms with Gasteiger partial charge >= 0.3 is 0 Å². The highest BCUT2D eigenvalue weighted by atomic mass is 32.1. The monoisotopic (exact) mass is 349 g/mol. The van der Waals surface area contributed by atoms with Crippen molar-refractivity contribution in [3.05, 3.63) is 58.3 Å². The first-order chi connectivity index (χ1) is 12.3. The third-order valence-corrected chi connectivity index (χ3v) is 4.99. The molecule has 1 aliphatic rings. The van der Waals surface area contributed by atoms with E-state index in [1.807, 2.05) is 41.8 Å². The Labute approximate surface area is 145 Å². The number of pyridine rings is 1. The van der Waals surface area contributed by atoms with Crippen molar-refractivity contribution in [2.45, 2.75) is 0 Å². The van der Waals surface area contributed by atoms with Gasteiger partial charge in [0.15, 0.2) is 17.3 Å². The van der Waals surface area contributed by atoms with Crippen LogP contribution < -0.4 is 15.0 Å². The third-order valence-electron chi connectivity index (χ3n) is 4.02. The van der Waals surface area contributed by atoms with Crippen LogP contribution in [-0.2, 0) is 0 Å². The number of H-pyrrole nitrogens is 1. The second-order valence-electron chi connectivity index (χ2n) is 5.52. The zero-order valence-corrected chi connectivity index (χ0v) is 13.7. The summed E-state index contributed by atoms with van der Waals surface area (Å²) >= 11 is 1.37. The number of fused-ring (bicyclic) bond motifs is 2. The molecule has 1 N–H and O–H groups in total. The molecule has 5 rings (SSSR count). The Morgan fingerprint density at radius 1 is 1.12 bits per heavy atom. The fourth-order valence-corrected chi connectivity index (χ4v) is 3.73. The van der Waals surface area contributed by atoms with Crippen molar-refractivity contribution in [2.24, 2.45) is 0 Å². The number of ether oxygens (including phenoxy) is 2. The van der Waals surface area contributed by atoms with E-state index < -0.39 is 0 Å². The lowest BCUT2D eigenvalue weighted by atomic mass is 10.1. The summed E-state index contributed by atoms with van der Waals surface area (Å²) in [6, 6.07) is 11.2. The van der Waals surface area contributed by atoms with Gasteiger partial charge in [-0.2, -0.15) is 0 Å². The zero-order valence-electron chi connectivity index (χ0n) is 12.9. The maximum absolute atomic E-state index is 12.4. The molecule has 6 nitrogen and oxygen atoms in total. The van der Waals surface area contributed by atoms with E-state index >= 15 is 0 Å². The van der Waals surface area contributed by atoms with Gasteiger partial charge in [-0.25, -0.2) is 4.98 Å². The van der Waals surface area contributed by atoms with Crippen molar-refractivity contribution < 1.29 is 9.47 Å². The van der Waals surface area contributed by atoms with Gasteiger partial charge in [0, 0.05) is 17.1 Å². The van der Waals surface area contributed by atoms with E-state index in [4.69, 9.17) is 9.47 Å². The van der Waals surface area contributed by atoms with Gasteiger partial charge in [-0.05, 0) is 29.8 Å². The first-order valence-corrected chi connectivity index (χ1v) is 8.50. The fraction of sp³-hybridized carbons (Fsp3) is 0.0556. The summed E-state index contributed by atoms with van der Waals surface area (Å²) in [5, 5.41) is 1.94.